The van der Waals surface area contributed by atoms with Crippen molar-refractivity contribution in [2.24, 2.45) is 10.2 Å². The molecule has 0 atom stereocenters. The van der Waals surface area contributed by atoms with E-state index in [9.17, 15) is 9.59 Å². The highest BCUT2D eigenvalue weighted by Gasteiger charge is 2.15. The molecule has 0 saturated heterocycles. The first-order chi connectivity index (χ1) is 14.0. The molecule has 0 bridgehead atoms. The SMILES string of the molecule is Cc1[nH]n(-c2nc(-c3ccccc3)cs2)c(=O)c1N=Nc1ccc(C(=O)O)cc1. The number of nitrogens with one attached hydrogen (secondary N) is 1. The van der Waals surface area contributed by atoms with Gasteiger partial charge < -0.3 is 5.11 Å². The Labute approximate surface area is 168 Å². The molecule has 0 unspecified atom stereocenters. The Morgan fingerprint density at radius 1 is 1.10 bits per heavy atom. The molecule has 4 aromatic rings. The number of carboxylic acid groups (broad SMARTS) is 1. The number of aromatic nitrogens is 3. The van der Waals surface area contributed by atoms with Gasteiger partial charge in [0, 0.05) is 10.9 Å². The number of aromatic carboxylic acids is 1. The molecular formula is C20H15N5O3S. The average molecular weight is 405 g/mol. The first kappa shape index (κ1) is 18.5. The van der Waals surface area contributed by atoms with Crippen LogP contribution in [-0.4, -0.2) is 25.8 Å². The van der Waals surface area contributed by atoms with Gasteiger partial charge in [-0.25, -0.2) is 9.78 Å². The third kappa shape index (κ3) is 3.76. The highest BCUT2D eigenvalue weighted by Crippen LogP contribution is 2.24. The first-order valence-electron chi connectivity index (χ1n) is 8.61. The Morgan fingerprint density at radius 2 is 1.83 bits per heavy atom. The zero-order valence-corrected chi connectivity index (χ0v) is 16.1. The number of thiazole rings is 1. The van der Waals surface area contributed by atoms with Crippen LogP contribution in [0.4, 0.5) is 11.4 Å². The minimum atomic E-state index is -1.02. The number of aromatic amines is 1. The molecule has 2 aromatic carbocycles. The van der Waals surface area contributed by atoms with Gasteiger partial charge in [-0.05, 0) is 31.2 Å². The highest BCUT2D eigenvalue weighted by atomic mass is 32.1. The molecule has 0 fully saturated rings. The number of rotatable bonds is 5. The minimum absolute atomic E-state index is 0.155. The van der Waals surface area contributed by atoms with Crippen LogP contribution in [0.1, 0.15) is 16.1 Å². The second-order valence-electron chi connectivity index (χ2n) is 6.16. The van der Waals surface area contributed by atoms with Crippen LogP contribution in [0.3, 0.4) is 0 Å². The van der Waals surface area contributed by atoms with Gasteiger partial charge in [-0.15, -0.1) is 16.5 Å². The molecular weight excluding hydrogens is 390 g/mol. The van der Waals surface area contributed by atoms with E-state index in [4.69, 9.17) is 5.11 Å². The first-order valence-corrected chi connectivity index (χ1v) is 9.49. The second kappa shape index (κ2) is 7.64. The van der Waals surface area contributed by atoms with E-state index in [2.05, 4.69) is 20.3 Å². The lowest BCUT2D eigenvalue weighted by Crippen LogP contribution is -2.13. The number of H-pyrrole nitrogens is 1. The minimum Gasteiger partial charge on any atom is -0.478 e. The van der Waals surface area contributed by atoms with Crippen LogP contribution < -0.4 is 5.56 Å². The van der Waals surface area contributed by atoms with Crippen LogP contribution in [0.2, 0.25) is 0 Å². The molecule has 0 radical (unpaired) electrons. The Balaban J connectivity index is 1.62. The molecule has 2 N–H and O–H groups in total. The van der Waals surface area contributed by atoms with Crippen molar-refractivity contribution in [3.8, 4) is 16.4 Å². The van der Waals surface area contributed by atoms with Crippen LogP contribution in [0.5, 0.6) is 0 Å². The van der Waals surface area contributed by atoms with Crippen molar-refractivity contribution in [3.05, 3.63) is 81.6 Å². The maximum Gasteiger partial charge on any atom is 0.335 e. The van der Waals surface area contributed by atoms with Crippen molar-refractivity contribution < 1.29 is 9.90 Å². The molecule has 29 heavy (non-hydrogen) atoms. The smallest absolute Gasteiger partial charge is 0.335 e. The summed E-state index contributed by atoms with van der Waals surface area (Å²) in [5.41, 5.74) is 2.72. The lowest BCUT2D eigenvalue weighted by atomic mass is 10.2. The molecule has 4 rings (SSSR count). The summed E-state index contributed by atoms with van der Waals surface area (Å²) in [7, 11) is 0. The fourth-order valence-electron chi connectivity index (χ4n) is 2.68. The predicted molar refractivity (Wildman–Crippen MR) is 110 cm³/mol. The molecule has 144 valence electrons. The summed E-state index contributed by atoms with van der Waals surface area (Å²) >= 11 is 1.35. The summed E-state index contributed by atoms with van der Waals surface area (Å²) in [5, 5.41) is 22.4. The van der Waals surface area contributed by atoms with Gasteiger partial charge in [0.05, 0.1) is 22.6 Å². The fourth-order valence-corrected chi connectivity index (χ4v) is 3.47. The van der Waals surface area contributed by atoms with E-state index in [1.54, 1.807) is 6.92 Å². The monoisotopic (exact) mass is 405 g/mol. The number of carboxylic acids is 1. The van der Waals surface area contributed by atoms with E-state index >= 15 is 0 Å². The maximum atomic E-state index is 12.8. The van der Waals surface area contributed by atoms with Crippen LogP contribution in [-0.2, 0) is 0 Å². The molecule has 0 aliphatic carbocycles. The Kier molecular flexibility index (Phi) is 4.88. The van der Waals surface area contributed by atoms with Gasteiger partial charge in [0.1, 0.15) is 0 Å². The zero-order valence-electron chi connectivity index (χ0n) is 15.2. The standard InChI is InChI=1S/C20H15N5O3S/c1-12-17(23-22-15-9-7-14(8-10-15)19(27)28)18(26)25(24-12)20-21-16(11-29-20)13-5-3-2-4-6-13/h2-11,24H,1H3,(H,27,28). The topological polar surface area (TPSA) is 113 Å². The third-order valence-electron chi connectivity index (χ3n) is 4.17. The van der Waals surface area contributed by atoms with Crippen molar-refractivity contribution >= 4 is 28.7 Å². The normalized spacial score (nSPS) is 11.2. The molecule has 9 heteroatoms. The lowest BCUT2D eigenvalue weighted by Gasteiger charge is -1.95. The fraction of sp³-hybridized carbons (Fsp3) is 0.0500. The number of azo groups is 1. The van der Waals surface area contributed by atoms with Crippen molar-refractivity contribution in [3.63, 3.8) is 0 Å². The second-order valence-corrected chi connectivity index (χ2v) is 7.00. The summed E-state index contributed by atoms with van der Waals surface area (Å²) in [6.07, 6.45) is 0. The largest absolute Gasteiger partial charge is 0.478 e. The number of aryl methyl sites for hydroxylation is 1. The van der Waals surface area contributed by atoms with E-state index in [-0.39, 0.29) is 16.8 Å². The van der Waals surface area contributed by atoms with Gasteiger partial charge in [-0.1, -0.05) is 30.3 Å². The average Bonchev–Trinajstić information content (AvgIpc) is 3.32. The van der Waals surface area contributed by atoms with E-state index in [0.717, 1.165) is 11.3 Å². The highest BCUT2D eigenvalue weighted by molar-refractivity contribution is 7.12. The number of hydrogen-bond acceptors (Lipinski definition) is 6. The van der Waals surface area contributed by atoms with Crippen molar-refractivity contribution in [1.82, 2.24) is 14.8 Å². The van der Waals surface area contributed by atoms with Gasteiger partial charge in [-0.3, -0.25) is 9.89 Å². The van der Waals surface area contributed by atoms with Gasteiger partial charge in [-0.2, -0.15) is 9.80 Å². The number of benzene rings is 2. The van der Waals surface area contributed by atoms with Gasteiger partial charge in [0.25, 0.3) is 0 Å². The Bertz CT molecular complexity index is 1250. The van der Waals surface area contributed by atoms with E-state index in [1.165, 1.54) is 40.3 Å². The van der Waals surface area contributed by atoms with Crippen LogP contribution in [0.15, 0.2) is 75.0 Å². The number of hydrogen-bond donors (Lipinski definition) is 2. The van der Waals surface area contributed by atoms with E-state index in [1.807, 2.05) is 35.7 Å². The van der Waals surface area contributed by atoms with Crippen molar-refractivity contribution in [2.45, 2.75) is 6.92 Å². The molecule has 2 aromatic heterocycles. The third-order valence-corrected chi connectivity index (χ3v) is 5.00. The quantitative estimate of drug-likeness (QED) is 0.468. The molecule has 0 spiro atoms. The molecule has 2 heterocycles. The summed E-state index contributed by atoms with van der Waals surface area (Å²) in [5.74, 6) is -1.02. The van der Waals surface area contributed by atoms with Crippen LogP contribution in [0, 0.1) is 6.92 Å². The summed E-state index contributed by atoms with van der Waals surface area (Å²) in [4.78, 5) is 28.2. The Morgan fingerprint density at radius 3 is 2.52 bits per heavy atom. The van der Waals surface area contributed by atoms with Gasteiger partial charge >= 0.3 is 11.5 Å². The van der Waals surface area contributed by atoms with Gasteiger partial charge in [0.15, 0.2) is 5.69 Å². The van der Waals surface area contributed by atoms with E-state index in [0.29, 0.717) is 16.5 Å². The number of carbonyl (C=O) groups is 1. The zero-order chi connectivity index (χ0) is 20.4. The molecule has 0 aliphatic heterocycles. The lowest BCUT2D eigenvalue weighted by molar-refractivity contribution is 0.0697. The molecule has 8 nitrogen and oxygen atoms in total. The summed E-state index contributed by atoms with van der Waals surface area (Å²) in [6, 6.07) is 15.6. The Hall–Kier alpha value is -3.85. The molecule has 0 aliphatic rings. The van der Waals surface area contributed by atoms with E-state index < -0.39 is 5.97 Å². The van der Waals surface area contributed by atoms with Gasteiger partial charge in [0.2, 0.25) is 5.13 Å². The van der Waals surface area contributed by atoms with Crippen LogP contribution in [0.25, 0.3) is 16.4 Å². The summed E-state index contributed by atoms with van der Waals surface area (Å²) < 4.78 is 1.34. The molecule has 0 saturated carbocycles. The number of nitrogens with zero attached hydrogens (tertiary/aromatic N) is 4. The predicted octanol–water partition coefficient (Wildman–Crippen LogP) is 4.71. The van der Waals surface area contributed by atoms with Crippen LogP contribution >= 0.6 is 11.3 Å². The maximum absolute atomic E-state index is 12.8. The summed E-state index contributed by atoms with van der Waals surface area (Å²) in [6.45, 7) is 1.73. The molecule has 0 amide bonds. The van der Waals surface area contributed by atoms with Crippen molar-refractivity contribution in [2.75, 3.05) is 0 Å². The van der Waals surface area contributed by atoms with Crippen molar-refractivity contribution in [1.29, 1.82) is 0 Å².